The quantitative estimate of drug-likeness (QED) is 0.276. The summed E-state index contributed by atoms with van der Waals surface area (Å²) in [5, 5.41) is 20.7. The fourth-order valence-corrected chi connectivity index (χ4v) is 3.90. The molecule has 27 heavy (non-hydrogen) atoms. The van der Waals surface area contributed by atoms with E-state index in [0.29, 0.717) is 22.3 Å². The maximum Gasteiger partial charge on any atom is 0.122 e. The third kappa shape index (κ3) is 7.76. The molecule has 0 unspecified atom stereocenters. The monoisotopic (exact) mass is 374 g/mol. The SMILES string of the molecule is CCC(C)(C)CCCCCCc1cc(O)cc(CCCCC2(C)CC2)c1O. The highest BCUT2D eigenvalue weighted by atomic mass is 16.3. The topological polar surface area (TPSA) is 40.5 Å². The van der Waals surface area contributed by atoms with Crippen LogP contribution in [0.5, 0.6) is 11.5 Å². The van der Waals surface area contributed by atoms with Crippen LogP contribution in [-0.2, 0) is 12.8 Å². The number of benzene rings is 1. The highest BCUT2D eigenvalue weighted by Gasteiger charge is 2.35. The molecule has 0 radical (unpaired) electrons. The van der Waals surface area contributed by atoms with E-state index in [1.807, 2.05) is 0 Å². The summed E-state index contributed by atoms with van der Waals surface area (Å²) in [5.74, 6) is 0.731. The molecule has 0 amide bonds. The maximum absolute atomic E-state index is 10.6. The van der Waals surface area contributed by atoms with Crippen molar-refractivity contribution < 1.29 is 10.2 Å². The average molecular weight is 375 g/mol. The highest BCUT2D eigenvalue weighted by Crippen LogP contribution is 2.49. The molecular formula is C25H42O2. The molecule has 0 aliphatic heterocycles. The van der Waals surface area contributed by atoms with Gasteiger partial charge in [0, 0.05) is 0 Å². The second-order valence-electron chi connectivity index (χ2n) is 10.1. The minimum Gasteiger partial charge on any atom is -0.508 e. The predicted octanol–water partition coefficient (Wildman–Crippen LogP) is 7.54. The van der Waals surface area contributed by atoms with E-state index in [9.17, 15) is 10.2 Å². The van der Waals surface area contributed by atoms with Gasteiger partial charge in [0.05, 0.1) is 0 Å². The molecule has 2 rings (SSSR count). The Morgan fingerprint density at radius 3 is 2.00 bits per heavy atom. The normalized spacial score (nSPS) is 15.9. The highest BCUT2D eigenvalue weighted by molar-refractivity contribution is 5.46. The Hall–Kier alpha value is -1.18. The summed E-state index contributed by atoms with van der Waals surface area (Å²) in [5.41, 5.74) is 2.93. The first-order valence-electron chi connectivity index (χ1n) is 11.3. The molecule has 1 aliphatic rings. The van der Waals surface area contributed by atoms with Crippen LogP contribution in [0.2, 0.25) is 0 Å². The molecule has 1 aliphatic carbocycles. The Kier molecular flexibility index (Phi) is 8.06. The summed E-state index contributed by atoms with van der Waals surface area (Å²) in [6.07, 6.45) is 15.5. The largest absolute Gasteiger partial charge is 0.508 e. The first-order chi connectivity index (χ1) is 12.7. The molecule has 0 spiro atoms. The lowest BCUT2D eigenvalue weighted by molar-refractivity contribution is 0.307. The summed E-state index contributed by atoms with van der Waals surface area (Å²) in [6.45, 7) is 9.35. The number of aryl methyl sites for hydroxylation is 2. The van der Waals surface area contributed by atoms with Crippen molar-refractivity contribution in [2.24, 2.45) is 10.8 Å². The third-order valence-corrected chi connectivity index (χ3v) is 6.84. The average Bonchev–Trinajstić information content (AvgIpc) is 3.35. The van der Waals surface area contributed by atoms with E-state index in [-0.39, 0.29) is 0 Å². The minimum absolute atomic E-state index is 0.302. The number of hydrogen-bond donors (Lipinski definition) is 2. The number of unbranched alkanes of at least 4 members (excludes halogenated alkanes) is 4. The van der Waals surface area contributed by atoms with Gasteiger partial charge in [-0.2, -0.15) is 0 Å². The van der Waals surface area contributed by atoms with Crippen molar-refractivity contribution in [1.29, 1.82) is 0 Å². The van der Waals surface area contributed by atoms with Crippen molar-refractivity contribution >= 4 is 0 Å². The molecule has 1 aromatic carbocycles. The lowest BCUT2D eigenvalue weighted by Crippen LogP contribution is -2.08. The van der Waals surface area contributed by atoms with E-state index in [2.05, 4.69) is 27.7 Å². The zero-order chi connectivity index (χ0) is 19.9. The molecule has 2 nitrogen and oxygen atoms in total. The van der Waals surface area contributed by atoms with Gasteiger partial charge in [-0.3, -0.25) is 0 Å². The lowest BCUT2D eigenvalue weighted by atomic mass is 9.84. The maximum atomic E-state index is 10.6. The number of hydrogen-bond acceptors (Lipinski definition) is 2. The first-order valence-corrected chi connectivity index (χ1v) is 11.3. The zero-order valence-electron chi connectivity index (χ0n) is 18.2. The van der Waals surface area contributed by atoms with Crippen molar-refractivity contribution in [3.8, 4) is 11.5 Å². The molecule has 0 saturated heterocycles. The Morgan fingerprint density at radius 1 is 0.889 bits per heavy atom. The first kappa shape index (κ1) is 22.1. The van der Waals surface area contributed by atoms with Gasteiger partial charge in [-0.1, -0.05) is 59.8 Å². The van der Waals surface area contributed by atoms with Crippen molar-refractivity contribution in [2.75, 3.05) is 0 Å². The van der Waals surface area contributed by atoms with E-state index >= 15 is 0 Å². The summed E-state index contributed by atoms with van der Waals surface area (Å²) in [4.78, 5) is 0. The third-order valence-electron chi connectivity index (χ3n) is 6.84. The molecule has 0 atom stereocenters. The minimum atomic E-state index is 0.302. The van der Waals surface area contributed by atoms with Crippen LogP contribution < -0.4 is 0 Å². The van der Waals surface area contributed by atoms with Crippen molar-refractivity contribution in [1.82, 2.24) is 0 Å². The lowest BCUT2D eigenvalue weighted by Gasteiger charge is -2.22. The molecule has 1 fully saturated rings. The number of phenols is 2. The molecule has 0 aromatic heterocycles. The Morgan fingerprint density at radius 2 is 1.44 bits per heavy atom. The fourth-order valence-electron chi connectivity index (χ4n) is 3.90. The van der Waals surface area contributed by atoms with Crippen LogP contribution in [-0.4, -0.2) is 10.2 Å². The Labute approximate surface area is 167 Å². The molecule has 154 valence electrons. The Bertz CT molecular complexity index is 584. The van der Waals surface area contributed by atoms with Crippen LogP contribution in [0.3, 0.4) is 0 Å². The van der Waals surface area contributed by atoms with Gasteiger partial charge < -0.3 is 10.2 Å². The molecule has 0 bridgehead atoms. The predicted molar refractivity (Wildman–Crippen MR) is 116 cm³/mol. The van der Waals surface area contributed by atoms with E-state index in [1.54, 1.807) is 12.1 Å². The number of aromatic hydroxyl groups is 2. The van der Waals surface area contributed by atoms with Crippen molar-refractivity contribution in [2.45, 2.75) is 111 Å². The number of rotatable bonds is 13. The van der Waals surface area contributed by atoms with E-state index in [1.165, 1.54) is 57.8 Å². The van der Waals surface area contributed by atoms with Gasteiger partial charge in [0.25, 0.3) is 0 Å². The van der Waals surface area contributed by atoms with Crippen molar-refractivity contribution in [3.63, 3.8) is 0 Å². The second-order valence-corrected chi connectivity index (χ2v) is 10.1. The van der Waals surface area contributed by atoms with Crippen LogP contribution in [0.15, 0.2) is 12.1 Å². The molecule has 2 heteroatoms. The second kappa shape index (κ2) is 9.85. The van der Waals surface area contributed by atoms with Crippen LogP contribution in [0, 0.1) is 10.8 Å². The van der Waals surface area contributed by atoms with Crippen LogP contribution in [0.25, 0.3) is 0 Å². The van der Waals surface area contributed by atoms with Gasteiger partial charge >= 0.3 is 0 Å². The molecular weight excluding hydrogens is 332 g/mol. The summed E-state index contributed by atoms with van der Waals surface area (Å²) in [7, 11) is 0. The van der Waals surface area contributed by atoms with Gasteiger partial charge in [-0.25, -0.2) is 0 Å². The summed E-state index contributed by atoms with van der Waals surface area (Å²) < 4.78 is 0. The summed E-state index contributed by atoms with van der Waals surface area (Å²) in [6, 6.07) is 3.51. The van der Waals surface area contributed by atoms with Crippen molar-refractivity contribution in [3.05, 3.63) is 23.3 Å². The van der Waals surface area contributed by atoms with E-state index in [4.69, 9.17) is 0 Å². The van der Waals surface area contributed by atoms with Gasteiger partial charge in [0.2, 0.25) is 0 Å². The van der Waals surface area contributed by atoms with Crippen LogP contribution in [0.4, 0.5) is 0 Å². The Balaban J connectivity index is 1.73. The molecule has 1 saturated carbocycles. The molecule has 0 heterocycles. The molecule has 1 aromatic rings. The van der Waals surface area contributed by atoms with Gasteiger partial charge in [-0.15, -0.1) is 0 Å². The van der Waals surface area contributed by atoms with E-state index < -0.39 is 0 Å². The zero-order valence-corrected chi connectivity index (χ0v) is 18.2. The summed E-state index contributed by atoms with van der Waals surface area (Å²) >= 11 is 0. The van der Waals surface area contributed by atoms with Gasteiger partial charge in [-0.05, 0) is 85.5 Å². The van der Waals surface area contributed by atoms with E-state index in [0.717, 1.165) is 36.8 Å². The van der Waals surface area contributed by atoms with Crippen LogP contribution in [0.1, 0.15) is 109 Å². The van der Waals surface area contributed by atoms with Gasteiger partial charge in [0.15, 0.2) is 0 Å². The number of phenolic OH excluding ortho intramolecular Hbond substituents is 2. The standard InChI is InChI=1S/C25H42O2/c1-5-24(2,3)14-10-7-6-8-12-20-18-22(26)19-21(23(20)27)13-9-11-15-25(4)16-17-25/h18-19,26-27H,5-17H2,1-4H3. The van der Waals surface area contributed by atoms with Crippen LogP contribution >= 0.6 is 0 Å². The molecule has 2 N–H and O–H groups in total. The van der Waals surface area contributed by atoms with Gasteiger partial charge in [0.1, 0.15) is 11.5 Å². The fraction of sp³-hybridized carbons (Fsp3) is 0.760. The smallest absolute Gasteiger partial charge is 0.122 e.